The second kappa shape index (κ2) is 8.43. The highest BCUT2D eigenvalue weighted by Crippen LogP contribution is 2.09. The molecule has 0 saturated heterocycles. The van der Waals surface area contributed by atoms with Crippen LogP contribution in [0, 0.1) is 23.7 Å². The summed E-state index contributed by atoms with van der Waals surface area (Å²) in [5.41, 5.74) is 1.98. The molecule has 0 heterocycles. The third-order valence-electron chi connectivity index (χ3n) is 2.76. The van der Waals surface area contributed by atoms with Crippen molar-refractivity contribution in [1.82, 2.24) is 0 Å². The molecule has 2 rings (SSSR count). The lowest BCUT2D eigenvalue weighted by molar-refractivity contribution is 0.903. The van der Waals surface area contributed by atoms with Gasteiger partial charge in [0.1, 0.15) is 0 Å². The van der Waals surface area contributed by atoms with Gasteiger partial charge in [0.05, 0.1) is 0 Å². The lowest BCUT2D eigenvalue weighted by Crippen LogP contribution is -1.75. The van der Waals surface area contributed by atoms with Crippen LogP contribution >= 0.6 is 23.2 Å². The van der Waals surface area contributed by atoms with Crippen molar-refractivity contribution in [2.45, 2.75) is 19.3 Å². The summed E-state index contributed by atoms with van der Waals surface area (Å²) >= 11 is 11.6. The molecular formula is C19H14Cl2. The monoisotopic (exact) mass is 312 g/mol. The number of halogens is 2. The minimum Gasteiger partial charge on any atom is -0.0979 e. The van der Waals surface area contributed by atoms with Gasteiger partial charge in [0, 0.05) is 34.0 Å². The van der Waals surface area contributed by atoms with Gasteiger partial charge in [-0.05, 0) is 55.0 Å². The van der Waals surface area contributed by atoms with Crippen LogP contribution in [0.25, 0.3) is 0 Å². The summed E-state index contributed by atoms with van der Waals surface area (Å²) in [4.78, 5) is 0. The fourth-order valence-corrected chi connectivity index (χ4v) is 1.91. The van der Waals surface area contributed by atoms with Crippen LogP contribution in [0.4, 0.5) is 0 Å². The number of hydrogen-bond donors (Lipinski definition) is 0. The molecule has 0 bridgehead atoms. The predicted molar refractivity (Wildman–Crippen MR) is 90.5 cm³/mol. The van der Waals surface area contributed by atoms with Crippen molar-refractivity contribution in [2.75, 3.05) is 0 Å². The van der Waals surface area contributed by atoms with Crippen molar-refractivity contribution in [3.05, 3.63) is 69.7 Å². The molecule has 0 amide bonds. The maximum absolute atomic E-state index is 5.82. The smallest absolute Gasteiger partial charge is 0.0406 e. The standard InChI is InChI=1S/C19H14Cl2/c20-18-12-8-16(9-13-18)6-4-2-1-3-5-7-17-10-14-19(21)15-11-17/h8-15H,1-3H2. The molecule has 2 aromatic carbocycles. The first-order valence-electron chi connectivity index (χ1n) is 6.73. The summed E-state index contributed by atoms with van der Waals surface area (Å²) in [6.07, 6.45) is 2.66. The highest BCUT2D eigenvalue weighted by molar-refractivity contribution is 6.30. The largest absolute Gasteiger partial charge is 0.0979 e. The van der Waals surface area contributed by atoms with E-state index in [1.807, 2.05) is 48.5 Å². The minimum atomic E-state index is 0.734. The number of unbranched alkanes of at least 4 members (excludes halogenated alkanes) is 2. The maximum atomic E-state index is 5.82. The summed E-state index contributed by atoms with van der Waals surface area (Å²) in [6.45, 7) is 0. The van der Waals surface area contributed by atoms with Crippen LogP contribution < -0.4 is 0 Å². The fourth-order valence-electron chi connectivity index (χ4n) is 1.66. The predicted octanol–water partition coefficient (Wildman–Crippen LogP) is 5.57. The van der Waals surface area contributed by atoms with Gasteiger partial charge in [0.25, 0.3) is 0 Å². The molecule has 0 atom stereocenters. The molecule has 0 aliphatic carbocycles. The Bertz CT molecular complexity index is 626. The number of hydrogen-bond acceptors (Lipinski definition) is 0. The fraction of sp³-hybridized carbons (Fsp3) is 0.158. The molecule has 0 nitrogen and oxygen atoms in total. The second-order valence-corrected chi connectivity index (χ2v) is 5.34. The molecule has 0 unspecified atom stereocenters. The molecule has 21 heavy (non-hydrogen) atoms. The van der Waals surface area contributed by atoms with Crippen LogP contribution in [0.3, 0.4) is 0 Å². The van der Waals surface area contributed by atoms with Gasteiger partial charge in [-0.15, -0.1) is 0 Å². The number of rotatable bonds is 2. The van der Waals surface area contributed by atoms with E-state index in [4.69, 9.17) is 23.2 Å². The topological polar surface area (TPSA) is 0 Å². The Balaban J connectivity index is 1.73. The van der Waals surface area contributed by atoms with E-state index >= 15 is 0 Å². The minimum absolute atomic E-state index is 0.734. The quantitative estimate of drug-likeness (QED) is 0.502. The van der Waals surface area contributed by atoms with E-state index in [0.29, 0.717) is 0 Å². The highest BCUT2D eigenvalue weighted by atomic mass is 35.5. The van der Waals surface area contributed by atoms with Gasteiger partial charge < -0.3 is 0 Å². The second-order valence-electron chi connectivity index (χ2n) is 4.47. The van der Waals surface area contributed by atoms with Crippen molar-refractivity contribution in [3.63, 3.8) is 0 Å². The van der Waals surface area contributed by atoms with Crippen LogP contribution in [-0.2, 0) is 0 Å². The van der Waals surface area contributed by atoms with Crippen molar-refractivity contribution in [3.8, 4) is 23.7 Å². The maximum Gasteiger partial charge on any atom is 0.0406 e. The van der Waals surface area contributed by atoms with Crippen LogP contribution in [-0.4, -0.2) is 0 Å². The molecule has 0 aliphatic rings. The van der Waals surface area contributed by atoms with Crippen LogP contribution in [0.5, 0.6) is 0 Å². The average molecular weight is 313 g/mol. The average Bonchev–Trinajstić information content (AvgIpc) is 2.50. The molecule has 2 heteroatoms. The molecule has 104 valence electrons. The lowest BCUT2D eigenvalue weighted by atomic mass is 10.2. The van der Waals surface area contributed by atoms with Gasteiger partial charge in [0.15, 0.2) is 0 Å². The van der Waals surface area contributed by atoms with E-state index in [1.165, 1.54) is 0 Å². The van der Waals surface area contributed by atoms with Gasteiger partial charge in [-0.25, -0.2) is 0 Å². The zero-order valence-corrected chi connectivity index (χ0v) is 13.0. The van der Waals surface area contributed by atoms with E-state index in [-0.39, 0.29) is 0 Å². The Morgan fingerprint density at radius 2 is 1.00 bits per heavy atom. The molecule has 0 spiro atoms. The molecular weight excluding hydrogens is 299 g/mol. The molecule has 0 aliphatic heterocycles. The van der Waals surface area contributed by atoms with Crippen LogP contribution in [0.2, 0.25) is 10.0 Å². The Morgan fingerprint density at radius 1 is 0.619 bits per heavy atom. The van der Waals surface area contributed by atoms with Crippen LogP contribution in [0.15, 0.2) is 48.5 Å². The zero-order chi connectivity index (χ0) is 14.9. The third kappa shape index (κ3) is 5.97. The molecule has 0 aromatic heterocycles. The van der Waals surface area contributed by atoms with Crippen molar-refractivity contribution in [2.24, 2.45) is 0 Å². The summed E-state index contributed by atoms with van der Waals surface area (Å²) in [5, 5.41) is 1.47. The van der Waals surface area contributed by atoms with E-state index in [2.05, 4.69) is 23.7 Å². The Hall–Kier alpha value is -1.86. The lowest BCUT2D eigenvalue weighted by Gasteiger charge is -1.91. The van der Waals surface area contributed by atoms with Crippen molar-refractivity contribution >= 4 is 23.2 Å². The zero-order valence-electron chi connectivity index (χ0n) is 11.5. The summed E-state index contributed by atoms with van der Waals surface area (Å²) in [6, 6.07) is 15.1. The van der Waals surface area contributed by atoms with Gasteiger partial charge >= 0.3 is 0 Å². The Morgan fingerprint density at radius 3 is 1.38 bits per heavy atom. The first-order chi connectivity index (χ1) is 10.2. The summed E-state index contributed by atoms with van der Waals surface area (Å²) < 4.78 is 0. The van der Waals surface area contributed by atoms with Gasteiger partial charge in [-0.1, -0.05) is 46.9 Å². The third-order valence-corrected chi connectivity index (χ3v) is 3.26. The van der Waals surface area contributed by atoms with Gasteiger partial charge in [-0.2, -0.15) is 0 Å². The summed E-state index contributed by atoms with van der Waals surface area (Å²) in [7, 11) is 0. The summed E-state index contributed by atoms with van der Waals surface area (Å²) in [5.74, 6) is 12.5. The molecule has 0 N–H and O–H groups in total. The van der Waals surface area contributed by atoms with E-state index in [0.717, 1.165) is 40.4 Å². The van der Waals surface area contributed by atoms with E-state index in [9.17, 15) is 0 Å². The Labute approximate surface area is 136 Å². The van der Waals surface area contributed by atoms with Gasteiger partial charge in [-0.3, -0.25) is 0 Å². The molecule has 2 aromatic rings. The normalized spacial score (nSPS) is 9.24. The van der Waals surface area contributed by atoms with Crippen molar-refractivity contribution in [1.29, 1.82) is 0 Å². The Kier molecular flexibility index (Phi) is 6.23. The number of benzene rings is 2. The molecule has 0 radical (unpaired) electrons. The first-order valence-corrected chi connectivity index (χ1v) is 7.48. The molecule has 0 saturated carbocycles. The van der Waals surface area contributed by atoms with E-state index in [1.54, 1.807) is 0 Å². The SMILES string of the molecule is Clc1ccc(C#CCCCC#Cc2ccc(Cl)cc2)cc1. The highest BCUT2D eigenvalue weighted by Gasteiger charge is 1.88. The van der Waals surface area contributed by atoms with Gasteiger partial charge in [0.2, 0.25) is 0 Å². The van der Waals surface area contributed by atoms with Crippen LogP contribution in [0.1, 0.15) is 30.4 Å². The van der Waals surface area contributed by atoms with E-state index < -0.39 is 0 Å². The molecule has 0 fully saturated rings. The first kappa shape index (κ1) is 15.5. The van der Waals surface area contributed by atoms with Crippen molar-refractivity contribution < 1.29 is 0 Å².